The van der Waals surface area contributed by atoms with Gasteiger partial charge in [-0.05, 0) is 43.5 Å². The third-order valence-electron chi connectivity index (χ3n) is 2.89. The maximum absolute atomic E-state index is 11.8. The van der Waals surface area contributed by atoms with Crippen molar-refractivity contribution in [3.63, 3.8) is 0 Å². The predicted molar refractivity (Wildman–Crippen MR) is 68.0 cm³/mol. The minimum absolute atomic E-state index is 0.0153. The molecule has 1 atom stereocenters. The van der Waals surface area contributed by atoms with Gasteiger partial charge in [-0.25, -0.2) is 0 Å². The second-order valence-corrected chi connectivity index (χ2v) is 5.12. The Balaban J connectivity index is 1.88. The number of carbonyl (C=O) groups excluding carboxylic acids is 1. The lowest BCUT2D eigenvalue weighted by Crippen LogP contribution is -2.32. The van der Waals surface area contributed by atoms with Crippen LogP contribution in [-0.4, -0.2) is 11.9 Å². The van der Waals surface area contributed by atoms with Gasteiger partial charge in [-0.15, -0.1) is 12.6 Å². The smallest absolute Gasteiger partial charge is 0.251 e. The summed E-state index contributed by atoms with van der Waals surface area (Å²) in [5, 5.41) is 3.02. The van der Waals surface area contributed by atoms with E-state index in [0.29, 0.717) is 5.56 Å². The second-order valence-electron chi connectivity index (χ2n) is 4.60. The standard InChI is InChI=1S/C13H17NOS/c1-9(8-10-2-3-10)14-13(15)11-4-6-12(16)7-5-11/h4-7,9-10,16H,2-3,8H2,1H3,(H,14,15). The molecule has 86 valence electrons. The van der Waals surface area contributed by atoms with Gasteiger partial charge in [0.25, 0.3) is 5.91 Å². The van der Waals surface area contributed by atoms with E-state index in [1.54, 1.807) is 0 Å². The lowest BCUT2D eigenvalue weighted by molar-refractivity contribution is 0.0937. The molecule has 2 nitrogen and oxygen atoms in total. The predicted octanol–water partition coefficient (Wildman–Crippen LogP) is 2.89. The number of hydrogen-bond donors (Lipinski definition) is 2. The molecule has 1 fully saturated rings. The molecule has 1 aromatic rings. The highest BCUT2D eigenvalue weighted by Gasteiger charge is 2.24. The van der Waals surface area contributed by atoms with Gasteiger partial charge in [0.2, 0.25) is 0 Å². The quantitative estimate of drug-likeness (QED) is 0.772. The summed E-state index contributed by atoms with van der Waals surface area (Å²) in [5.74, 6) is 0.858. The normalized spacial score (nSPS) is 16.9. The van der Waals surface area contributed by atoms with Gasteiger partial charge >= 0.3 is 0 Å². The molecule has 0 heterocycles. The minimum Gasteiger partial charge on any atom is -0.350 e. The topological polar surface area (TPSA) is 29.1 Å². The number of benzene rings is 1. The van der Waals surface area contributed by atoms with Crippen molar-refractivity contribution in [2.45, 2.75) is 37.1 Å². The van der Waals surface area contributed by atoms with E-state index >= 15 is 0 Å². The van der Waals surface area contributed by atoms with Crippen molar-refractivity contribution in [1.29, 1.82) is 0 Å². The van der Waals surface area contributed by atoms with Crippen LogP contribution in [0.25, 0.3) is 0 Å². The maximum Gasteiger partial charge on any atom is 0.251 e. The fourth-order valence-corrected chi connectivity index (χ4v) is 1.98. The first kappa shape index (κ1) is 11.5. The Bertz CT molecular complexity index is 370. The zero-order valence-corrected chi connectivity index (χ0v) is 10.3. The molecular weight excluding hydrogens is 218 g/mol. The largest absolute Gasteiger partial charge is 0.350 e. The molecule has 1 aromatic carbocycles. The summed E-state index contributed by atoms with van der Waals surface area (Å²) in [6.45, 7) is 2.07. The molecule has 3 heteroatoms. The van der Waals surface area contributed by atoms with Crippen LogP contribution >= 0.6 is 12.6 Å². The molecule has 2 rings (SSSR count). The zero-order chi connectivity index (χ0) is 11.5. The van der Waals surface area contributed by atoms with Crippen molar-refractivity contribution < 1.29 is 4.79 Å². The summed E-state index contributed by atoms with van der Waals surface area (Å²) in [7, 11) is 0. The molecule has 1 aliphatic rings. The third kappa shape index (κ3) is 3.27. The Morgan fingerprint density at radius 2 is 2.06 bits per heavy atom. The van der Waals surface area contributed by atoms with Gasteiger partial charge in [0.15, 0.2) is 0 Å². The fourth-order valence-electron chi connectivity index (χ4n) is 1.83. The van der Waals surface area contributed by atoms with E-state index < -0.39 is 0 Å². The fraction of sp³-hybridized carbons (Fsp3) is 0.462. The number of hydrogen-bond acceptors (Lipinski definition) is 2. The third-order valence-corrected chi connectivity index (χ3v) is 3.19. The lowest BCUT2D eigenvalue weighted by Gasteiger charge is -2.13. The molecule has 0 bridgehead atoms. The van der Waals surface area contributed by atoms with Crippen molar-refractivity contribution in [1.82, 2.24) is 5.32 Å². The number of nitrogens with one attached hydrogen (secondary N) is 1. The Morgan fingerprint density at radius 3 is 2.62 bits per heavy atom. The van der Waals surface area contributed by atoms with Crippen LogP contribution in [0.2, 0.25) is 0 Å². The minimum atomic E-state index is 0.0153. The van der Waals surface area contributed by atoms with Crippen LogP contribution in [0.5, 0.6) is 0 Å². The molecular formula is C13H17NOS. The van der Waals surface area contributed by atoms with Crippen LogP contribution in [0, 0.1) is 5.92 Å². The highest BCUT2D eigenvalue weighted by molar-refractivity contribution is 7.80. The molecule has 1 aliphatic carbocycles. The summed E-state index contributed by atoms with van der Waals surface area (Å²) in [6, 6.07) is 7.56. The summed E-state index contributed by atoms with van der Waals surface area (Å²) >= 11 is 4.19. The molecule has 0 aliphatic heterocycles. The van der Waals surface area contributed by atoms with E-state index in [2.05, 4.69) is 24.9 Å². The average molecular weight is 235 g/mol. The van der Waals surface area contributed by atoms with Gasteiger partial charge in [0, 0.05) is 16.5 Å². The van der Waals surface area contributed by atoms with Gasteiger partial charge in [0.05, 0.1) is 0 Å². The first-order valence-corrected chi connectivity index (χ1v) is 6.20. The number of thiol groups is 1. The van der Waals surface area contributed by atoms with Crippen LogP contribution in [-0.2, 0) is 0 Å². The molecule has 1 saturated carbocycles. The zero-order valence-electron chi connectivity index (χ0n) is 9.44. The first-order valence-electron chi connectivity index (χ1n) is 5.75. The van der Waals surface area contributed by atoms with Crippen LogP contribution in [0.15, 0.2) is 29.2 Å². The second kappa shape index (κ2) is 4.91. The molecule has 0 spiro atoms. The molecule has 1 unspecified atom stereocenters. The Hall–Kier alpha value is -0.960. The first-order chi connectivity index (χ1) is 7.65. The van der Waals surface area contributed by atoms with Crippen LogP contribution in [0.3, 0.4) is 0 Å². The monoisotopic (exact) mass is 235 g/mol. The highest BCUT2D eigenvalue weighted by Crippen LogP contribution is 2.33. The molecule has 1 N–H and O–H groups in total. The van der Waals surface area contributed by atoms with Crippen molar-refractivity contribution >= 4 is 18.5 Å². The van der Waals surface area contributed by atoms with E-state index in [-0.39, 0.29) is 11.9 Å². The van der Waals surface area contributed by atoms with Crippen molar-refractivity contribution in [3.8, 4) is 0 Å². The Morgan fingerprint density at radius 1 is 1.44 bits per heavy atom. The highest BCUT2D eigenvalue weighted by atomic mass is 32.1. The van der Waals surface area contributed by atoms with Crippen LogP contribution in [0.1, 0.15) is 36.5 Å². The Kier molecular flexibility index (Phi) is 3.54. The van der Waals surface area contributed by atoms with Crippen LogP contribution in [0.4, 0.5) is 0 Å². The molecule has 16 heavy (non-hydrogen) atoms. The van der Waals surface area contributed by atoms with Crippen LogP contribution < -0.4 is 5.32 Å². The number of amides is 1. The summed E-state index contributed by atoms with van der Waals surface area (Å²) in [5.41, 5.74) is 0.709. The average Bonchev–Trinajstić information content (AvgIpc) is 3.02. The van der Waals surface area contributed by atoms with E-state index in [4.69, 9.17) is 0 Å². The summed E-state index contributed by atoms with van der Waals surface area (Å²) in [4.78, 5) is 12.7. The maximum atomic E-state index is 11.8. The molecule has 1 amide bonds. The molecule has 0 radical (unpaired) electrons. The van der Waals surface area contributed by atoms with E-state index in [9.17, 15) is 4.79 Å². The lowest BCUT2D eigenvalue weighted by atomic mass is 10.1. The van der Waals surface area contributed by atoms with Crippen molar-refractivity contribution in [3.05, 3.63) is 29.8 Å². The number of carbonyl (C=O) groups is 1. The van der Waals surface area contributed by atoms with Gasteiger partial charge in [-0.3, -0.25) is 4.79 Å². The van der Waals surface area contributed by atoms with Gasteiger partial charge in [-0.1, -0.05) is 12.8 Å². The Labute approximate surface area is 102 Å². The van der Waals surface area contributed by atoms with E-state index in [1.165, 1.54) is 12.8 Å². The van der Waals surface area contributed by atoms with E-state index in [1.807, 2.05) is 24.3 Å². The summed E-state index contributed by atoms with van der Waals surface area (Å²) < 4.78 is 0. The SMILES string of the molecule is CC(CC1CC1)NC(=O)c1ccc(S)cc1. The van der Waals surface area contributed by atoms with Crippen molar-refractivity contribution in [2.24, 2.45) is 5.92 Å². The van der Waals surface area contributed by atoms with Gasteiger partial charge in [0.1, 0.15) is 0 Å². The van der Waals surface area contributed by atoms with E-state index in [0.717, 1.165) is 17.2 Å². The molecule has 0 saturated heterocycles. The van der Waals surface area contributed by atoms with Crippen molar-refractivity contribution in [2.75, 3.05) is 0 Å². The number of rotatable bonds is 4. The van der Waals surface area contributed by atoms with Gasteiger partial charge in [-0.2, -0.15) is 0 Å². The molecule has 0 aromatic heterocycles. The van der Waals surface area contributed by atoms with Gasteiger partial charge < -0.3 is 5.32 Å². The summed E-state index contributed by atoms with van der Waals surface area (Å²) in [6.07, 6.45) is 3.76.